The largest absolute Gasteiger partial charge is 0.493 e. The van der Waals surface area contributed by atoms with Gasteiger partial charge in [0.25, 0.3) is 5.91 Å². The number of halogens is 1. The lowest BCUT2D eigenvalue weighted by atomic mass is 9.97. The van der Waals surface area contributed by atoms with Crippen LogP contribution in [0, 0.1) is 12.8 Å². The summed E-state index contributed by atoms with van der Waals surface area (Å²) in [6.45, 7) is 4.80. The summed E-state index contributed by atoms with van der Waals surface area (Å²) in [5.41, 5.74) is 4.66. The van der Waals surface area contributed by atoms with Crippen LogP contribution in [0.2, 0.25) is 0 Å². The van der Waals surface area contributed by atoms with Crippen LogP contribution in [0.15, 0.2) is 42.5 Å². The summed E-state index contributed by atoms with van der Waals surface area (Å²) in [5, 5.41) is 6.67. The second-order valence-corrected chi connectivity index (χ2v) is 10.4. The molecule has 0 bridgehead atoms. The molecule has 1 aromatic heterocycles. The van der Waals surface area contributed by atoms with Crippen molar-refractivity contribution in [2.45, 2.75) is 45.6 Å². The molecular weight excluding hydrogens is 463 g/mol. The van der Waals surface area contributed by atoms with Gasteiger partial charge in [0.05, 0.1) is 12.3 Å². The molecule has 1 aliphatic heterocycles. The Kier molecular flexibility index (Phi) is 7.02. The molecule has 1 amide bonds. The minimum absolute atomic E-state index is 0.118. The van der Waals surface area contributed by atoms with Gasteiger partial charge in [0.15, 0.2) is 5.13 Å². The third-order valence-corrected chi connectivity index (χ3v) is 7.72. The molecule has 184 valence electrons. The van der Waals surface area contributed by atoms with E-state index in [1.54, 1.807) is 7.05 Å². The van der Waals surface area contributed by atoms with E-state index >= 15 is 4.39 Å². The van der Waals surface area contributed by atoms with Gasteiger partial charge in [0.2, 0.25) is 0 Å². The summed E-state index contributed by atoms with van der Waals surface area (Å²) in [5.74, 6) is 1.34. The van der Waals surface area contributed by atoms with Crippen molar-refractivity contribution in [1.29, 1.82) is 0 Å². The highest BCUT2D eigenvalue weighted by molar-refractivity contribution is 7.17. The van der Waals surface area contributed by atoms with Crippen molar-refractivity contribution in [3.63, 3.8) is 0 Å². The summed E-state index contributed by atoms with van der Waals surface area (Å²) < 4.78 is 20.8. The molecule has 1 aliphatic carbocycles. The van der Waals surface area contributed by atoms with Crippen molar-refractivity contribution in [2.24, 2.45) is 5.92 Å². The standard InChI is InChI=1S/C27H31FN4O2S/c1-17-25(35-27(29-2)31-17)26(33)30-12-18-3-5-19(6-4-18)13-32-14-21-9-10-22(34-16-20-7-8-20)11-23(21)24(28)15-32/h3-6,9-11,20,24H,7-8,12-16H2,1-2H3,(H,29,31)(H,30,33). The highest BCUT2D eigenvalue weighted by atomic mass is 32.1. The van der Waals surface area contributed by atoms with Crippen LogP contribution in [0.5, 0.6) is 5.75 Å². The van der Waals surface area contributed by atoms with Gasteiger partial charge in [-0.25, -0.2) is 9.37 Å². The first-order valence-electron chi connectivity index (χ1n) is 12.1. The topological polar surface area (TPSA) is 66.5 Å². The second-order valence-electron chi connectivity index (χ2n) is 9.43. The van der Waals surface area contributed by atoms with E-state index < -0.39 is 6.17 Å². The quantitative estimate of drug-likeness (QED) is 0.426. The number of aromatic nitrogens is 1. The van der Waals surface area contributed by atoms with Gasteiger partial charge in [0, 0.05) is 33.2 Å². The molecule has 8 heteroatoms. The molecule has 2 heterocycles. The van der Waals surface area contributed by atoms with Crippen molar-refractivity contribution in [2.75, 3.05) is 25.5 Å². The lowest BCUT2D eigenvalue weighted by molar-refractivity contribution is 0.0954. The molecule has 1 saturated carbocycles. The third-order valence-electron chi connectivity index (χ3n) is 6.55. The summed E-state index contributed by atoms with van der Waals surface area (Å²) in [4.78, 5) is 19.6. The highest BCUT2D eigenvalue weighted by Gasteiger charge is 2.26. The third kappa shape index (κ3) is 5.82. The molecular formula is C27H31FN4O2S. The highest BCUT2D eigenvalue weighted by Crippen LogP contribution is 2.34. The van der Waals surface area contributed by atoms with Gasteiger partial charge in [-0.1, -0.05) is 41.7 Å². The fourth-order valence-electron chi connectivity index (χ4n) is 4.35. The molecule has 1 atom stereocenters. The van der Waals surface area contributed by atoms with Crippen LogP contribution >= 0.6 is 11.3 Å². The molecule has 2 N–H and O–H groups in total. The first-order valence-corrected chi connectivity index (χ1v) is 12.9. The van der Waals surface area contributed by atoms with E-state index in [4.69, 9.17) is 4.74 Å². The van der Waals surface area contributed by atoms with Gasteiger partial charge >= 0.3 is 0 Å². The molecule has 1 unspecified atom stereocenters. The predicted octanol–water partition coefficient (Wildman–Crippen LogP) is 5.24. The molecule has 35 heavy (non-hydrogen) atoms. The number of amides is 1. The average Bonchev–Trinajstić information content (AvgIpc) is 3.62. The molecule has 2 aliphatic rings. The van der Waals surface area contributed by atoms with E-state index in [-0.39, 0.29) is 5.91 Å². The summed E-state index contributed by atoms with van der Waals surface area (Å²) in [6, 6.07) is 14.0. The fourth-order valence-corrected chi connectivity index (χ4v) is 5.18. The molecule has 0 saturated heterocycles. The van der Waals surface area contributed by atoms with Gasteiger partial charge < -0.3 is 15.4 Å². The Labute approximate surface area is 209 Å². The Morgan fingerprint density at radius 1 is 1.20 bits per heavy atom. The van der Waals surface area contributed by atoms with Crippen LogP contribution < -0.4 is 15.4 Å². The summed E-state index contributed by atoms with van der Waals surface area (Å²) in [6.07, 6.45) is 1.47. The Morgan fingerprint density at radius 3 is 2.69 bits per heavy atom. The van der Waals surface area contributed by atoms with Gasteiger partial charge in [-0.3, -0.25) is 9.69 Å². The maximum atomic E-state index is 15.0. The summed E-state index contributed by atoms with van der Waals surface area (Å²) in [7, 11) is 1.79. The van der Waals surface area contributed by atoms with Crippen LogP contribution in [0.25, 0.3) is 0 Å². The number of anilines is 1. The predicted molar refractivity (Wildman–Crippen MR) is 137 cm³/mol. The number of hydrogen-bond acceptors (Lipinski definition) is 6. The lowest BCUT2D eigenvalue weighted by Crippen LogP contribution is -2.31. The van der Waals surface area contributed by atoms with Crippen molar-refractivity contribution in [1.82, 2.24) is 15.2 Å². The first-order chi connectivity index (χ1) is 17.0. The SMILES string of the molecule is CNc1nc(C)c(C(=O)NCc2ccc(CN3Cc4ccc(OCC5CC5)cc4C(F)C3)cc2)s1. The number of alkyl halides is 1. The number of nitrogens with one attached hydrogen (secondary N) is 2. The molecule has 3 aromatic rings. The van der Waals surface area contributed by atoms with Gasteiger partial charge in [-0.2, -0.15) is 0 Å². The van der Waals surface area contributed by atoms with Crippen molar-refractivity contribution in [3.05, 3.63) is 75.3 Å². The van der Waals surface area contributed by atoms with E-state index in [2.05, 4.69) is 32.7 Å². The minimum atomic E-state index is -1.02. The molecule has 1 fully saturated rings. The van der Waals surface area contributed by atoms with E-state index in [9.17, 15) is 4.79 Å². The zero-order valence-corrected chi connectivity index (χ0v) is 21.0. The van der Waals surface area contributed by atoms with Crippen LogP contribution in [0.4, 0.5) is 9.52 Å². The Balaban J connectivity index is 1.14. The number of fused-ring (bicyclic) bond motifs is 1. The zero-order chi connectivity index (χ0) is 24.4. The molecule has 6 nitrogen and oxygen atoms in total. The molecule has 0 radical (unpaired) electrons. The second kappa shape index (κ2) is 10.3. The summed E-state index contributed by atoms with van der Waals surface area (Å²) >= 11 is 1.35. The number of hydrogen-bond donors (Lipinski definition) is 2. The fraction of sp³-hybridized carbons (Fsp3) is 0.407. The van der Waals surface area contributed by atoms with Crippen LogP contribution in [0.3, 0.4) is 0 Å². The number of carbonyl (C=O) groups excluding carboxylic acids is 1. The Hall–Kier alpha value is -2.97. The smallest absolute Gasteiger partial charge is 0.263 e. The van der Waals surface area contributed by atoms with Crippen LogP contribution in [0.1, 0.15) is 56.6 Å². The average molecular weight is 495 g/mol. The number of nitrogens with zero attached hydrogens (tertiary/aromatic N) is 2. The molecule has 0 spiro atoms. The van der Waals surface area contributed by atoms with E-state index in [1.165, 1.54) is 24.2 Å². The van der Waals surface area contributed by atoms with E-state index in [0.717, 1.165) is 52.0 Å². The van der Waals surface area contributed by atoms with Gasteiger partial charge in [0.1, 0.15) is 16.8 Å². The minimum Gasteiger partial charge on any atom is -0.493 e. The van der Waals surface area contributed by atoms with Crippen molar-refractivity contribution in [3.8, 4) is 5.75 Å². The number of benzene rings is 2. The number of thiazole rings is 1. The first kappa shape index (κ1) is 23.8. The number of rotatable bonds is 9. The monoisotopic (exact) mass is 494 g/mol. The maximum absolute atomic E-state index is 15.0. The van der Waals surface area contributed by atoms with Crippen LogP contribution in [-0.4, -0.2) is 36.0 Å². The zero-order valence-electron chi connectivity index (χ0n) is 20.1. The van der Waals surface area contributed by atoms with Gasteiger partial charge in [-0.05, 0) is 60.1 Å². The Morgan fingerprint density at radius 2 is 1.97 bits per heavy atom. The maximum Gasteiger partial charge on any atom is 0.263 e. The number of carbonyl (C=O) groups is 1. The number of aryl methyl sites for hydroxylation is 1. The van der Waals surface area contributed by atoms with E-state index in [0.29, 0.717) is 30.4 Å². The lowest BCUT2D eigenvalue weighted by Gasteiger charge is -2.31. The van der Waals surface area contributed by atoms with Crippen LogP contribution in [-0.2, 0) is 19.6 Å². The van der Waals surface area contributed by atoms with Crippen molar-refractivity contribution >= 4 is 22.4 Å². The molecule has 5 rings (SSSR count). The van der Waals surface area contributed by atoms with Gasteiger partial charge in [-0.15, -0.1) is 0 Å². The van der Waals surface area contributed by atoms with E-state index in [1.807, 2.05) is 37.3 Å². The van der Waals surface area contributed by atoms with Crippen molar-refractivity contribution < 1.29 is 13.9 Å². The molecule has 2 aromatic carbocycles. The Bertz CT molecular complexity index is 1190. The normalized spacial score (nSPS) is 17.6. The number of ether oxygens (including phenoxy) is 1.